The van der Waals surface area contributed by atoms with Crippen molar-refractivity contribution in [1.82, 2.24) is 24.2 Å². The molecule has 9 nitrogen and oxygen atoms in total. The molecule has 1 amide bonds. The van der Waals surface area contributed by atoms with Crippen LogP contribution in [0.25, 0.3) is 5.65 Å². The van der Waals surface area contributed by atoms with E-state index in [1.54, 1.807) is 56.0 Å². The molecule has 2 aromatic heterocycles. The molecule has 1 fully saturated rings. The van der Waals surface area contributed by atoms with Crippen molar-refractivity contribution >= 4 is 56.3 Å². The molecule has 0 saturated carbocycles. The van der Waals surface area contributed by atoms with E-state index >= 15 is 0 Å². The fourth-order valence-corrected chi connectivity index (χ4v) is 6.81. The molecule has 1 aliphatic rings. The lowest BCUT2D eigenvalue weighted by Crippen LogP contribution is -2.40. The minimum Gasteiger partial charge on any atom is -0.338 e. The van der Waals surface area contributed by atoms with Crippen LogP contribution in [-0.2, 0) is 10.0 Å². The van der Waals surface area contributed by atoms with Gasteiger partial charge in [-0.15, -0.1) is 0 Å². The molecule has 0 aliphatic carbocycles. The summed E-state index contributed by atoms with van der Waals surface area (Å²) in [6, 6.07) is 11.3. The molecule has 5 rings (SSSR count). The molecule has 1 saturated heterocycles. The van der Waals surface area contributed by atoms with Gasteiger partial charge in [-0.1, -0.05) is 35.3 Å². The zero-order valence-corrected chi connectivity index (χ0v) is 25.0. The van der Waals surface area contributed by atoms with Gasteiger partial charge in [0, 0.05) is 29.8 Å². The number of nitrogens with zero attached hydrogens (tertiary/aromatic N) is 4. The molecule has 13 heteroatoms. The molecule has 1 aliphatic heterocycles. The highest BCUT2D eigenvalue weighted by Crippen LogP contribution is 2.33. The van der Waals surface area contributed by atoms with Gasteiger partial charge in [-0.25, -0.2) is 22.5 Å². The van der Waals surface area contributed by atoms with Crippen molar-refractivity contribution in [3.63, 3.8) is 0 Å². The number of carbonyl (C=O) groups is 1. The highest BCUT2D eigenvalue weighted by Gasteiger charge is 2.31. The van der Waals surface area contributed by atoms with E-state index in [1.165, 1.54) is 29.0 Å². The Bertz CT molecular complexity index is 1710. The molecular formula is C28H29Cl2FN6O3S. The number of nitrogens with one attached hydrogen (secondary N) is 2. The Balaban J connectivity index is 1.51. The van der Waals surface area contributed by atoms with Crippen LogP contribution < -0.4 is 10.0 Å². The van der Waals surface area contributed by atoms with E-state index in [0.717, 1.165) is 5.56 Å². The van der Waals surface area contributed by atoms with Crippen LogP contribution in [0.1, 0.15) is 55.5 Å². The first kappa shape index (κ1) is 29.2. The summed E-state index contributed by atoms with van der Waals surface area (Å²) in [5, 5.41) is 8.20. The second kappa shape index (κ2) is 11.2. The van der Waals surface area contributed by atoms with Gasteiger partial charge in [0.15, 0.2) is 5.65 Å². The van der Waals surface area contributed by atoms with Crippen molar-refractivity contribution in [2.24, 2.45) is 0 Å². The number of aromatic nitrogens is 3. The van der Waals surface area contributed by atoms with E-state index in [-0.39, 0.29) is 39.6 Å². The summed E-state index contributed by atoms with van der Waals surface area (Å²) in [6.07, 6.45) is 3.98. The number of carbonyl (C=O) groups excluding carboxylic acids is 1. The average molecular weight is 620 g/mol. The number of halogens is 3. The third kappa shape index (κ3) is 6.33. The molecule has 3 heterocycles. The summed E-state index contributed by atoms with van der Waals surface area (Å²) in [5.74, 6) is -0.159. The van der Waals surface area contributed by atoms with Crippen LogP contribution in [0.3, 0.4) is 0 Å². The SMILES string of the molecule is CC(C)(C)NS(=O)(=O)c1cnn2c(Nc3ccc(Cl)cc3Cl)c(C(=O)N3CCC(c4ccc(F)cc4)CC3)cnc12. The Kier molecular flexibility index (Phi) is 7.99. The average Bonchev–Trinajstić information content (AvgIpc) is 3.35. The van der Waals surface area contributed by atoms with E-state index < -0.39 is 15.6 Å². The van der Waals surface area contributed by atoms with E-state index in [2.05, 4.69) is 20.1 Å². The third-order valence-electron chi connectivity index (χ3n) is 6.76. The molecule has 0 unspecified atom stereocenters. The van der Waals surface area contributed by atoms with E-state index in [4.69, 9.17) is 23.2 Å². The number of hydrogen-bond acceptors (Lipinski definition) is 6. The number of fused-ring (bicyclic) bond motifs is 1. The molecule has 0 atom stereocenters. The highest BCUT2D eigenvalue weighted by atomic mass is 35.5. The molecule has 2 aromatic carbocycles. The maximum Gasteiger partial charge on any atom is 0.259 e. The lowest BCUT2D eigenvalue weighted by Gasteiger charge is -2.32. The van der Waals surface area contributed by atoms with Crippen molar-refractivity contribution in [3.05, 3.63) is 81.8 Å². The number of sulfonamides is 1. The Hall–Kier alpha value is -3.25. The molecule has 0 bridgehead atoms. The fourth-order valence-electron chi connectivity index (χ4n) is 4.87. The van der Waals surface area contributed by atoms with Crippen LogP contribution in [-0.4, -0.2) is 52.5 Å². The number of hydrogen-bond donors (Lipinski definition) is 2. The standard InChI is InChI=1S/C28H29Cl2FN6O3S/c1-28(2,3)35-41(39,40)24-16-33-37-25(34-23-9-6-19(29)14-22(23)30)21(15-32-26(24)37)27(38)36-12-10-18(11-13-36)17-4-7-20(31)8-5-17/h4-9,14-16,18,34-35H,10-13H2,1-3H3. The molecular weight excluding hydrogens is 590 g/mol. The van der Waals surface area contributed by atoms with Gasteiger partial charge in [0.2, 0.25) is 10.0 Å². The first-order chi connectivity index (χ1) is 19.3. The molecule has 2 N–H and O–H groups in total. The van der Waals surface area contributed by atoms with Crippen LogP contribution >= 0.6 is 23.2 Å². The topological polar surface area (TPSA) is 109 Å². The van der Waals surface area contributed by atoms with Gasteiger partial charge < -0.3 is 10.2 Å². The smallest absolute Gasteiger partial charge is 0.259 e. The predicted molar refractivity (Wildman–Crippen MR) is 157 cm³/mol. The number of piperidine rings is 1. The fraction of sp³-hybridized carbons (Fsp3) is 0.321. The minimum absolute atomic E-state index is 0.0425. The van der Waals surface area contributed by atoms with Crippen LogP contribution in [0.5, 0.6) is 0 Å². The van der Waals surface area contributed by atoms with Gasteiger partial charge in [-0.3, -0.25) is 4.79 Å². The lowest BCUT2D eigenvalue weighted by molar-refractivity contribution is 0.0713. The van der Waals surface area contributed by atoms with Crippen molar-refractivity contribution in [1.29, 1.82) is 0 Å². The van der Waals surface area contributed by atoms with Crippen molar-refractivity contribution in [3.8, 4) is 0 Å². The Morgan fingerprint density at radius 3 is 2.37 bits per heavy atom. The maximum atomic E-state index is 13.8. The minimum atomic E-state index is -3.98. The zero-order chi connectivity index (χ0) is 29.5. The first-order valence-electron chi connectivity index (χ1n) is 13.0. The number of benzene rings is 2. The monoisotopic (exact) mass is 618 g/mol. The van der Waals surface area contributed by atoms with Crippen LogP contribution in [0.15, 0.2) is 59.8 Å². The molecule has 0 radical (unpaired) electrons. The molecule has 216 valence electrons. The number of rotatable bonds is 6. The van der Waals surface area contributed by atoms with Crippen molar-refractivity contribution in [2.75, 3.05) is 18.4 Å². The second-order valence-electron chi connectivity index (χ2n) is 11.0. The van der Waals surface area contributed by atoms with Gasteiger partial charge in [0.05, 0.1) is 16.9 Å². The number of anilines is 2. The van der Waals surface area contributed by atoms with Crippen molar-refractivity contribution < 1.29 is 17.6 Å². The summed E-state index contributed by atoms with van der Waals surface area (Å²) < 4.78 is 43.6. The molecule has 4 aromatic rings. The predicted octanol–water partition coefficient (Wildman–Crippen LogP) is 6.02. The molecule has 41 heavy (non-hydrogen) atoms. The van der Waals surface area contributed by atoms with E-state index in [0.29, 0.717) is 41.7 Å². The van der Waals surface area contributed by atoms with Gasteiger partial charge in [0.1, 0.15) is 22.1 Å². The van der Waals surface area contributed by atoms with Gasteiger partial charge >= 0.3 is 0 Å². The summed E-state index contributed by atoms with van der Waals surface area (Å²) in [4.78, 5) is 19.8. The summed E-state index contributed by atoms with van der Waals surface area (Å²) >= 11 is 12.5. The highest BCUT2D eigenvalue weighted by molar-refractivity contribution is 7.89. The Morgan fingerprint density at radius 1 is 1.05 bits per heavy atom. The van der Waals surface area contributed by atoms with Crippen LogP contribution in [0.4, 0.5) is 15.9 Å². The van der Waals surface area contributed by atoms with Gasteiger partial charge in [-0.2, -0.15) is 9.61 Å². The quantitative estimate of drug-likeness (QED) is 0.274. The third-order valence-corrected chi connectivity index (χ3v) is 9.06. The van der Waals surface area contributed by atoms with Gasteiger partial charge in [-0.05, 0) is 75.4 Å². The Labute approximate surface area is 247 Å². The number of likely N-dealkylation sites (tertiary alicyclic amines) is 1. The van der Waals surface area contributed by atoms with Crippen molar-refractivity contribution in [2.45, 2.75) is 50.0 Å². The van der Waals surface area contributed by atoms with Gasteiger partial charge in [0.25, 0.3) is 5.91 Å². The summed E-state index contributed by atoms with van der Waals surface area (Å²) in [7, 11) is -3.98. The summed E-state index contributed by atoms with van der Waals surface area (Å²) in [6.45, 7) is 6.16. The Morgan fingerprint density at radius 2 is 1.73 bits per heavy atom. The maximum absolute atomic E-state index is 13.8. The lowest BCUT2D eigenvalue weighted by atomic mass is 9.89. The van der Waals surface area contributed by atoms with E-state index in [9.17, 15) is 17.6 Å². The normalized spacial score (nSPS) is 14.9. The summed E-state index contributed by atoms with van der Waals surface area (Å²) in [5.41, 5.74) is 0.984. The first-order valence-corrected chi connectivity index (χ1v) is 15.2. The largest absolute Gasteiger partial charge is 0.338 e. The molecule has 0 spiro atoms. The van der Waals surface area contributed by atoms with E-state index in [1.807, 2.05) is 0 Å². The zero-order valence-electron chi connectivity index (χ0n) is 22.7. The van der Waals surface area contributed by atoms with Crippen LogP contribution in [0, 0.1) is 5.82 Å². The second-order valence-corrected chi connectivity index (χ2v) is 13.5. The number of amides is 1. The van der Waals surface area contributed by atoms with Crippen LogP contribution in [0.2, 0.25) is 10.0 Å².